The molecule has 0 aromatic heterocycles. The normalized spacial score (nSPS) is 12.1. The highest BCUT2D eigenvalue weighted by Gasteiger charge is 2.09. The Hall–Kier alpha value is -1.31. The third kappa shape index (κ3) is 4.15. The van der Waals surface area contributed by atoms with Gasteiger partial charge in [0.2, 0.25) is 5.91 Å². The van der Waals surface area contributed by atoms with Crippen molar-refractivity contribution in [2.45, 2.75) is 39.2 Å². The van der Waals surface area contributed by atoms with E-state index in [1.54, 1.807) is 0 Å². The van der Waals surface area contributed by atoms with Crippen LogP contribution in [0.5, 0.6) is 0 Å². The predicted molar refractivity (Wildman–Crippen MR) is 62.7 cm³/mol. The van der Waals surface area contributed by atoms with Crippen molar-refractivity contribution in [3.63, 3.8) is 0 Å². The summed E-state index contributed by atoms with van der Waals surface area (Å²) in [6.45, 7) is 3.98. The lowest BCUT2D eigenvalue weighted by Gasteiger charge is -2.16. The van der Waals surface area contributed by atoms with Gasteiger partial charge in [-0.2, -0.15) is 0 Å². The molecule has 1 N–H and O–H groups in total. The quantitative estimate of drug-likeness (QED) is 0.786. The zero-order valence-electron chi connectivity index (χ0n) is 9.49. The fraction of sp³-hybridized carbons (Fsp3) is 0.462. The smallest absolute Gasteiger partial charge is 0.219 e. The van der Waals surface area contributed by atoms with E-state index in [9.17, 15) is 4.79 Å². The molecule has 2 nitrogen and oxygen atoms in total. The summed E-state index contributed by atoms with van der Waals surface area (Å²) < 4.78 is 0. The molecule has 1 atom stereocenters. The number of rotatable bonds is 5. The Bertz CT molecular complexity index is 295. The van der Waals surface area contributed by atoms with Crippen molar-refractivity contribution in [1.82, 2.24) is 5.32 Å². The first-order chi connectivity index (χ1) is 7.26. The molecule has 1 rings (SSSR count). The van der Waals surface area contributed by atoms with E-state index in [2.05, 4.69) is 24.4 Å². The third-order valence-corrected chi connectivity index (χ3v) is 2.50. The maximum Gasteiger partial charge on any atom is 0.219 e. The van der Waals surface area contributed by atoms with Crippen LogP contribution in [0.3, 0.4) is 0 Å². The lowest BCUT2D eigenvalue weighted by molar-refractivity contribution is -0.121. The van der Waals surface area contributed by atoms with Crippen LogP contribution in [0.4, 0.5) is 0 Å². The summed E-state index contributed by atoms with van der Waals surface area (Å²) in [7, 11) is 0. The topological polar surface area (TPSA) is 29.1 Å². The second-order valence-electron chi connectivity index (χ2n) is 3.72. The number of nitrogens with one attached hydrogen (secondary N) is 1. The number of hydrogen-bond donors (Lipinski definition) is 1. The molecule has 0 unspecified atom stereocenters. The van der Waals surface area contributed by atoms with Crippen molar-refractivity contribution in [1.29, 1.82) is 0 Å². The highest BCUT2D eigenvalue weighted by molar-refractivity contribution is 5.75. The molecular weight excluding hydrogens is 186 g/mol. The first-order valence-corrected chi connectivity index (χ1v) is 5.59. The van der Waals surface area contributed by atoms with Crippen LogP contribution in [0.25, 0.3) is 0 Å². The standard InChI is InChI=1S/C13H19NO/c1-3-12(14-13(15)4-2)10-11-8-6-5-7-9-11/h5-9,12H,3-4,10H2,1-2H3,(H,14,15)/t12-/m1/s1. The monoisotopic (exact) mass is 205 g/mol. The van der Waals surface area contributed by atoms with Gasteiger partial charge in [0.05, 0.1) is 0 Å². The molecule has 0 saturated heterocycles. The van der Waals surface area contributed by atoms with E-state index >= 15 is 0 Å². The fourth-order valence-corrected chi connectivity index (χ4v) is 1.53. The molecule has 0 radical (unpaired) electrons. The highest BCUT2D eigenvalue weighted by Crippen LogP contribution is 2.05. The van der Waals surface area contributed by atoms with E-state index in [0.717, 1.165) is 12.8 Å². The predicted octanol–water partition coefficient (Wildman–Crippen LogP) is 2.53. The maximum atomic E-state index is 11.3. The minimum absolute atomic E-state index is 0.137. The van der Waals surface area contributed by atoms with Crippen molar-refractivity contribution in [3.05, 3.63) is 35.9 Å². The maximum absolute atomic E-state index is 11.3. The number of benzene rings is 1. The second-order valence-corrected chi connectivity index (χ2v) is 3.72. The molecule has 2 heteroatoms. The van der Waals surface area contributed by atoms with Gasteiger partial charge in [-0.25, -0.2) is 0 Å². The highest BCUT2D eigenvalue weighted by atomic mass is 16.1. The molecule has 1 amide bonds. The van der Waals surface area contributed by atoms with Crippen LogP contribution in [0, 0.1) is 0 Å². The number of carbonyl (C=O) groups excluding carboxylic acids is 1. The summed E-state index contributed by atoms with van der Waals surface area (Å²) in [5.41, 5.74) is 1.28. The number of amides is 1. The third-order valence-electron chi connectivity index (χ3n) is 2.50. The Labute approximate surface area is 91.7 Å². The zero-order valence-corrected chi connectivity index (χ0v) is 9.49. The molecule has 0 aliphatic carbocycles. The van der Waals surface area contributed by atoms with Gasteiger partial charge in [0, 0.05) is 12.5 Å². The van der Waals surface area contributed by atoms with Crippen molar-refractivity contribution >= 4 is 5.91 Å². The Morgan fingerprint density at radius 2 is 1.93 bits per heavy atom. The summed E-state index contributed by atoms with van der Waals surface area (Å²) >= 11 is 0. The Morgan fingerprint density at radius 1 is 1.27 bits per heavy atom. The molecule has 15 heavy (non-hydrogen) atoms. The van der Waals surface area contributed by atoms with Crippen molar-refractivity contribution in [2.24, 2.45) is 0 Å². The van der Waals surface area contributed by atoms with Crippen molar-refractivity contribution in [3.8, 4) is 0 Å². The summed E-state index contributed by atoms with van der Waals surface area (Å²) in [6, 6.07) is 10.5. The van der Waals surface area contributed by atoms with E-state index in [0.29, 0.717) is 6.42 Å². The van der Waals surface area contributed by atoms with Crippen LogP contribution in [0.2, 0.25) is 0 Å². The second kappa shape index (κ2) is 6.23. The average Bonchev–Trinajstić information content (AvgIpc) is 2.29. The van der Waals surface area contributed by atoms with E-state index in [4.69, 9.17) is 0 Å². The molecule has 0 aliphatic rings. The minimum Gasteiger partial charge on any atom is -0.353 e. The number of carbonyl (C=O) groups is 1. The largest absolute Gasteiger partial charge is 0.353 e. The summed E-state index contributed by atoms with van der Waals surface area (Å²) in [6.07, 6.45) is 2.45. The Kier molecular flexibility index (Phi) is 4.88. The van der Waals surface area contributed by atoms with Gasteiger partial charge in [0.15, 0.2) is 0 Å². The molecule has 0 saturated carbocycles. The SMILES string of the molecule is CCC(=O)N[C@H](CC)Cc1ccccc1. The van der Waals surface area contributed by atoms with Gasteiger partial charge in [0.25, 0.3) is 0 Å². The van der Waals surface area contributed by atoms with E-state index in [1.807, 2.05) is 25.1 Å². The average molecular weight is 205 g/mol. The van der Waals surface area contributed by atoms with Crippen LogP contribution in [-0.4, -0.2) is 11.9 Å². The molecule has 0 heterocycles. The molecule has 0 fully saturated rings. The summed E-state index contributed by atoms with van der Waals surface area (Å²) in [5, 5.41) is 3.03. The van der Waals surface area contributed by atoms with Gasteiger partial charge in [0.1, 0.15) is 0 Å². The first kappa shape index (κ1) is 11.8. The van der Waals surface area contributed by atoms with Crippen LogP contribution in [0.15, 0.2) is 30.3 Å². The van der Waals surface area contributed by atoms with E-state index in [-0.39, 0.29) is 11.9 Å². The van der Waals surface area contributed by atoms with Gasteiger partial charge < -0.3 is 5.32 Å². The molecule has 0 spiro atoms. The van der Waals surface area contributed by atoms with Gasteiger partial charge >= 0.3 is 0 Å². The van der Waals surface area contributed by atoms with E-state index < -0.39 is 0 Å². The van der Waals surface area contributed by atoms with Gasteiger partial charge in [-0.1, -0.05) is 44.2 Å². The van der Waals surface area contributed by atoms with Crippen LogP contribution < -0.4 is 5.32 Å². The molecule has 0 aliphatic heterocycles. The van der Waals surface area contributed by atoms with Crippen LogP contribution in [-0.2, 0) is 11.2 Å². The van der Waals surface area contributed by atoms with Gasteiger partial charge in [-0.15, -0.1) is 0 Å². The fourth-order valence-electron chi connectivity index (χ4n) is 1.53. The van der Waals surface area contributed by atoms with Gasteiger partial charge in [-0.3, -0.25) is 4.79 Å². The summed E-state index contributed by atoms with van der Waals surface area (Å²) in [4.78, 5) is 11.3. The lowest BCUT2D eigenvalue weighted by atomic mass is 10.0. The van der Waals surface area contributed by atoms with E-state index in [1.165, 1.54) is 5.56 Å². The zero-order chi connectivity index (χ0) is 11.1. The summed E-state index contributed by atoms with van der Waals surface area (Å²) in [5.74, 6) is 0.137. The van der Waals surface area contributed by atoms with Crippen LogP contribution >= 0.6 is 0 Å². The van der Waals surface area contributed by atoms with Gasteiger partial charge in [-0.05, 0) is 18.4 Å². The Balaban J connectivity index is 2.50. The van der Waals surface area contributed by atoms with Crippen molar-refractivity contribution in [2.75, 3.05) is 0 Å². The molecule has 1 aromatic carbocycles. The minimum atomic E-state index is 0.137. The lowest BCUT2D eigenvalue weighted by Crippen LogP contribution is -2.35. The molecule has 1 aromatic rings. The van der Waals surface area contributed by atoms with Crippen LogP contribution in [0.1, 0.15) is 32.3 Å². The molecule has 0 bridgehead atoms. The van der Waals surface area contributed by atoms with Crippen molar-refractivity contribution < 1.29 is 4.79 Å². The molecule has 82 valence electrons. The Morgan fingerprint density at radius 3 is 2.47 bits per heavy atom. The number of hydrogen-bond acceptors (Lipinski definition) is 1. The molecular formula is C13H19NO. The first-order valence-electron chi connectivity index (χ1n) is 5.59.